The molecule has 0 fully saturated rings. The van der Waals surface area contributed by atoms with E-state index in [1.165, 1.54) is 0 Å². The lowest BCUT2D eigenvalue weighted by Crippen LogP contribution is -2.14. The van der Waals surface area contributed by atoms with Crippen LogP contribution in [0.1, 0.15) is 43.1 Å². The van der Waals surface area contributed by atoms with Crippen molar-refractivity contribution in [3.8, 4) is 0 Å². The van der Waals surface area contributed by atoms with Crippen LogP contribution in [0.25, 0.3) is 5.52 Å². The lowest BCUT2D eigenvalue weighted by Gasteiger charge is -2.14. The third kappa shape index (κ3) is 2.84. The molecule has 5 heteroatoms. The molecule has 0 aliphatic rings. The van der Waals surface area contributed by atoms with Gasteiger partial charge in [-0.05, 0) is 12.1 Å². The number of thiazole rings is 1. The zero-order valence-corrected chi connectivity index (χ0v) is 13.4. The van der Waals surface area contributed by atoms with Crippen LogP contribution in [-0.2, 0) is 11.8 Å². The summed E-state index contributed by atoms with van der Waals surface area (Å²) in [6.45, 7) is 6.53. The molecule has 21 heavy (non-hydrogen) atoms. The average Bonchev–Trinajstić information content (AvgIpc) is 3.03. The fraction of sp³-hybridized carbons (Fsp3) is 0.375. The molecule has 0 radical (unpaired) electrons. The van der Waals surface area contributed by atoms with Gasteiger partial charge in [-0.25, -0.2) is 9.50 Å². The zero-order valence-electron chi connectivity index (χ0n) is 12.6. The van der Waals surface area contributed by atoms with Crippen LogP contribution in [0, 0.1) is 0 Å². The lowest BCUT2D eigenvalue weighted by molar-refractivity contribution is 0.569. The molecule has 0 saturated carbocycles. The van der Waals surface area contributed by atoms with Crippen molar-refractivity contribution in [3.05, 3.63) is 52.2 Å². The number of nitrogens with two attached hydrogens (primary N) is 1. The minimum absolute atomic E-state index is 0.0798. The highest BCUT2D eigenvalue weighted by molar-refractivity contribution is 7.09. The Kier molecular flexibility index (Phi) is 3.55. The van der Waals surface area contributed by atoms with Gasteiger partial charge in [-0.15, -0.1) is 11.3 Å². The van der Waals surface area contributed by atoms with Gasteiger partial charge in [0.25, 0.3) is 0 Å². The highest BCUT2D eigenvalue weighted by Crippen LogP contribution is 2.27. The Balaban J connectivity index is 1.83. The standard InChI is InChI=1S/C16H20N4S/c1-16(2,3)14-10-21-15(19-14)8-12(17)11-9-18-20-7-5-4-6-13(11)20/h4-7,9-10,12H,8,17H2,1-3H3. The van der Waals surface area contributed by atoms with E-state index in [2.05, 4.69) is 31.2 Å². The molecule has 0 aliphatic carbocycles. The molecule has 0 amide bonds. The summed E-state index contributed by atoms with van der Waals surface area (Å²) in [5, 5.41) is 7.57. The minimum Gasteiger partial charge on any atom is -0.323 e. The monoisotopic (exact) mass is 300 g/mol. The van der Waals surface area contributed by atoms with E-state index < -0.39 is 0 Å². The third-order valence-corrected chi connectivity index (χ3v) is 4.44. The Bertz CT molecular complexity index is 751. The lowest BCUT2D eigenvalue weighted by atomic mass is 9.93. The second kappa shape index (κ2) is 5.24. The van der Waals surface area contributed by atoms with E-state index in [1.807, 2.05) is 35.1 Å². The van der Waals surface area contributed by atoms with Crippen molar-refractivity contribution >= 4 is 16.9 Å². The summed E-state index contributed by atoms with van der Waals surface area (Å²) in [4.78, 5) is 4.72. The molecule has 3 rings (SSSR count). The van der Waals surface area contributed by atoms with Crippen LogP contribution in [0.5, 0.6) is 0 Å². The van der Waals surface area contributed by atoms with E-state index in [4.69, 9.17) is 10.7 Å². The molecule has 3 aromatic heterocycles. The van der Waals surface area contributed by atoms with Crippen molar-refractivity contribution in [1.82, 2.24) is 14.6 Å². The van der Waals surface area contributed by atoms with Gasteiger partial charge < -0.3 is 5.73 Å². The Morgan fingerprint density at radius 2 is 2.14 bits per heavy atom. The van der Waals surface area contributed by atoms with Crippen LogP contribution >= 0.6 is 11.3 Å². The van der Waals surface area contributed by atoms with Crippen molar-refractivity contribution in [2.45, 2.75) is 38.6 Å². The van der Waals surface area contributed by atoms with Crippen LogP contribution in [0.15, 0.2) is 36.0 Å². The van der Waals surface area contributed by atoms with Crippen LogP contribution < -0.4 is 5.73 Å². The van der Waals surface area contributed by atoms with Crippen molar-refractivity contribution in [2.75, 3.05) is 0 Å². The molecule has 0 bridgehead atoms. The van der Waals surface area contributed by atoms with Crippen molar-refractivity contribution in [1.29, 1.82) is 0 Å². The van der Waals surface area contributed by atoms with E-state index in [-0.39, 0.29) is 11.5 Å². The average molecular weight is 300 g/mol. The van der Waals surface area contributed by atoms with Crippen LogP contribution in [0.3, 0.4) is 0 Å². The Morgan fingerprint density at radius 1 is 1.33 bits per heavy atom. The molecule has 4 nitrogen and oxygen atoms in total. The van der Waals surface area contributed by atoms with Gasteiger partial charge in [0.05, 0.1) is 22.4 Å². The molecular weight excluding hydrogens is 280 g/mol. The Morgan fingerprint density at radius 3 is 2.86 bits per heavy atom. The summed E-state index contributed by atoms with van der Waals surface area (Å²) in [6, 6.07) is 5.94. The number of fused-ring (bicyclic) bond motifs is 1. The first-order valence-corrected chi connectivity index (χ1v) is 7.96. The number of rotatable bonds is 3. The van der Waals surface area contributed by atoms with Crippen molar-refractivity contribution < 1.29 is 0 Å². The summed E-state index contributed by atoms with van der Waals surface area (Å²) in [7, 11) is 0. The molecule has 0 aliphatic heterocycles. The summed E-state index contributed by atoms with van der Waals surface area (Å²) < 4.78 is 1.86. The van der Waals surface area contributed by atoms with Crippen LogP contribution in [-0.4, -0.2) is 14.6 Å². The van der Waals surface area contributed by atoms with E-state index in [0.29, 0.717) is 0 Å². The van der Waals surface area contributed by atoms with Crippen molar-refractivity contribution in [2.24, 2.45) is 5.73 Å². The van der Waals surface area contributed by atoms with E-state index >= 15 is 0 Å². The van der Waals surface area contributed by atoms with Crippen molar-refractivity contribution in [3.63, 3.8) is 0 Å². The first kappa shape index (κ1) is 14.2. The van der Waals surface area contributed by atoms with E-state index in [1.54, 1.807) is 11.3 Å². The number of hydrogen-bond donors (Lipinski definition) is 1. The molecule has 0 aromatic carbocycles. The molecule has 0 spiro atoms. The highest BCUT2D eigenvalue weighted by Gasteiger charge is 2.19. The number of nitrogens with zero attached hydrogens (tertiary/aromatic N) is 3. The summed E-state index contributed by atoms with van der Waals surface area (Å²) in [5.41, 5.74) is 9.73. The van der Waals surface area contributed by atoms with Gasteiger partial charge in [0.15, 0.2) is 0 Å². The summed E-state index contributed by atoms with van der Waals surface area (Å²) in [5.74, 6) is 0. The third-order valence-electron chi connectivity index (χ3n) is 3.57. The van der Waals surface area contributed by atoms with Gasteiger partial charge in [0, 0.05) is 35.0 Å². The molecule has 3 aromatic rings. The first-order valence-electron chi connectivity index (χ1n) is 7.08. The van der Waals surface area contributed by atoms with Gasteiger partial charge in [-0.3, -0.25) is 0 Å². The number of pyridine rings is 1. The second-order valence-electron chi connectivity index (χ2n) is 6.32. The van der Waals surface area contributed by atoms with Crippen LogP contribution in [0.4, 0.5) is 0 Å². The van der Waals surface area contributed by atoms with Gasteiger partial charge in [-0.1, -0.05) is 26.8 Å². The quantitative estimate of drug-likeness (QED) is 0.807. The molecular formula is C16H20N4S. The van der Waals surface area contributed by atoms with Gasteiger partial charge in [0.2, 0.25) is 0 Å². The summed E-state index contributed by atoms with van der Waals surface area (Å²) >= 11 is 1.69. The largest absolute Gasteiger partial charge is 0.323 e. The maximum Gasteiger partial charge on any atom is 0.0947 e. The topological polar surface area (TPSA) is 56.2 Å². The Labute approximate surface area is 128 Å². The van der Waals surface area contributed by atoms with E-state index in [0.717, 1.165) is 28.2 Å². The van der Waals surface area contributed by atoms with Gasteiger partial charge in [0.1, 0.15) is 0 Å². The number of aromatic nitrogens is 3. The zero-order chi connectivity index (χ0) is 15.0. The summed E-state index contributed by atoms with van der Waals surface area (Å²) in [6.07, 6.45) is 4.54. The van der Waals surface area contributed by atoms with Gasteiger partial charge >= 0.3 is 0 Å². The molecule has 2 N–H and O–H groups in total. The maximum absolute atomic E-state index is 6.37. The molecule has 3 heterocycles. The predicted octanol–water partition coefficient (Wildman–Crippen LogP) is 3.33. The smallest absolute Gasteiger partial charge is 0.0947 e. The fourth-order valence-electron chi connectivity index (χ4n) is 2.29. The number of hydrogen-bond acceptors (Lipinski definition) is 4. The first-order chi connectivity index (χ1) is 9.95. The normalized spacial score (nSPS) is 13.7. The second-order valence-corrected chi connectivity index (χ2v) is 7.26. The molecule has 110 valence electrons. The highest BCUT2D eigenvalue weighted by atomic mass is 32.1. The predicted molar refractivity (Wildman–Crippen MR) is 86.6 cm³/mol. The maximum atomic E-state index is 6.37. The Hall–Kier alpha value is -1.72. The molecule has 1 unspecified atom stereocenters. The molecule has 0 saturated heterocycles. The van der Waals surface area contributed by atoms with E-state index in [9.17, 15) is 0 Å². The van der Waals surface area contributed by atoms with Crippen LogP contribution in [0.2, 0.25) is 0 Å². The van der Waals surface area contributed by atoms with Gasteiger partial charge in [-0.2, -0.15) is 5.10 Å². The molecule has 1 atom stereocenters. The fourth-order valence-corrected chi connectivity index (χ4v) is 3.37. The SMILES string of the molecule is CC(C)(C)c1csc(CC(N)c2cnn3ccccc23)n1. The minimum atomic E-state index is -0.0798.